The van der Waals surface area contributed by atoms with E-state index in [1.54, 1.807) is 12.3 Å². The molecule has 3 rings (SSSR count). The lowest BCUT2D eigenvalue weighted by Crippen LogP contribution is -2.39. The lowest BCUT2D eigenvalue weighted by atomic mass is 10.2. The molecule has 26 heavy (non-hydrogen) atoms. The fraction of sp³-hybridized carbons (Fsp3) is 0.353. The Hall–Kier alpha value is -2.39. The lowest BCUT2D eigenvalue weighted by molar-refractivity contribution is -0.120. The SMILES string of the molecule is O=C(CNC(=O)c1ccc(Br)o1)NCc1cccnc1N1CCOCC1. The number of pyridine rings is 1. The number of carbonyl (C=O) groups is 2. The quantitative estimate of drug-likeness (QED) is 0.728. The Balaban J connectivity index is 1.51. The van der Waals surface area contributed by atoms with E-state index in [1.807, 2.05) is 12.1 Å². The maximum absolute atomic E-state index is 12.0. The van der Waals surface area contributed by atoms with Crippen LogP contribution in [0, 0.1) is 0 Å². The minimum Gasteiger partial charge on any atom is -0.444 e. The summed E-state index contributed by atoms with van der Waals surface area (Å²) in [6, 6.07) is 6.91. The summed E-state index contributed by atoms with van der Waals surface area (Å²) < 4.78 is 11.0. The molecule has 3 heterocycles. The molecule has 0 aliphatic carbocycles. The number of nitrogens with one attached hydrogen (secondary N) is 2. The second-order valence-corrected chi connectivity index (χ2v) is 6.43. The molecule has 1 fully saturated rings. The van der Waals surface area contributed by atoms with E-state index in [0.717, 1.165) is 24.5 Å². The van der Waals surface area contributed by atoms with Crippen molar-refractivity contribution in [2.45, 2.75) is 6.54 Å². The van der Waals surface area contributed by atoms with Crippen molar-refractivity contribution in [2.24, 2.45) is 0 Å². The van der Waals surface area contributed by atoms with E-state index < -0.39 is 5.91 Å². The molecule has 138 valence electrons. The summed E-state index contributed by atoms with van der Waals surface area (Å²) in [6.45, 7) is 3.07. The Morgan fingerprint density at radius 2 is 2.00 bits per heavy atom. The van der Waals surface area contributed by atoms with Crippen LogP contribution in [-0.4, -0.2) is 49.6 Å². The second kappa shape index (κ2) is 8.81. The molecular weight excluding hydrogens is 404 g/mol. The van der Waals surface area contributed by atoms with Crippen LogP contribution in [0.3, 0.4) is 0 Å². The number of ether oxygens (including phenoxy) is 1. The van der Waals surface area contributed by atoms with E-state index in [1.165, 1.54) is 6.07 Å². The number of furan rings is 1. The van der Waals surface area contributed by atoms with Gasteiger partial charge in [0.05, 0.1) is 19.8 Å². The van der Waals surface area contributed by atoms with Crippen LogP contribution in [0.15, 0.2) is 39.5 Å². The van der Waals surface area contributed by atoms with Gasteiger partial charge in [-0.1, -0.05) is 6.07 Å². The molecule has 2 aromatic heterocycles. The molecule has 0 aromatic carbocycles. The average molecular weight is 423 g/mol. The van der Waals surface area contributed by atoms with Gasteiger partial charge in [0.25, 0.3) is 5.91 Å². The van der Waals surface area contributed by atoms with Crippen molar-refractivity contribution >= 4 is 33.6 Å². The van der Waals surface area contributed by atoms with Crippen molar-refractivity contribution in [3.8, 4) is 0 Å². The van der Waals surface area contributed by atoms with Gasteiger partial charge in [0.15, 0.2) is 10.4 Å². The monoisotopic (exact) mass is 422 g/mol. The van der Waals surface area contributed by atoms with Crippen LogP contribution in [0.4, 0.5) is 5.82 Å². The van der Waals surface area contributed by atoms with Gasteiger partial charge in [0.2, 0.25) is 5.91 Å². The fourth-order valence-electron chi connectivity index (χ4n) is 2.57. The largest absolute Gasteiger partial charge is 0.444 e. The van der Waals surface area contributed by atoms with Gasteiger partial charge < -0.3 is 24.7 Å². The van der Waals surface area contributed by atoms with Gasteiger partial charge in [-0.2, -0.15) is 0 Å². The van der Waals surface area contributed by atoms with E-state index in [9.17, 15) is 9.59 Å². The zero-order valence-electron chi connectivity index (χ0n) is 14.0. The van der Waals surface area contributed by atoms with E-state index >= 15 is 0 Å². The molecule has 0 unspecified atom stereocenters. The smallest absolute Gasteiger partial charge is 0.287 e. The number of nitrogens with zero attached hydrogens (tertiary/aromatic N) is 2. The van der Waals surface area contributed by atoms with Crippen LogP contribution in [0.25, 0.3) is 0 Å². The van der Waals surface area contributed by atoms with Crippen molar-refractivity contribution in [1.29, 1.82) is 0 Å². The maximum Gasteiger partial charge on any atom is 0.287 e. The molecule has 0 spiro atoms. The van der Waals surface area contributed by atoms with Gasteiger partial charge in [-0.05, 0) is 34.1 Å². The summed E-state index contributed by atoms with van der Waals surface area (Å²) in [5.74, 6) is 0.258. The van der Waals surface area contributed by atoms with E-state index in [-0.39, 0.29) is 18.2 Å². The predicted molar refractivity (Wildman–Crippen MR) is 97.9 cm³/mol. The Labute approximate surface area is 159 Å². The van der Waals surface area contributed by atoms with E-state index in [4.69, 9.17) is 9.15 Å². The van der Waals surface area contributed by atoms with Crippen LogP contribution in [0.1, 0.15) is 16.1 Å². The Morgan fingerprint density at radius 3 is 2.73 bits per heavy atom. The number of hydrogen-bond acceptors (Lipinski definition) is 6. The summed E-state index contributed by atoms with van der Waals surface area (Å²) in [7, 11) is 0. The minimum atomic E-state index is -0.443. The van der Waals surface area contributed by atoms with Crippen LogP contribution >= 0.6 is 15.9 Å². The number of halogens is 1. The number of amides is 2. The molecule has 0 radical (unpaired) electrons. The highest BCUT2D eigenvalue weighted by atomic mass is 79.9. The molecule has 0 atom stereocenters. The number of anilines is 1. The summed E-state index contributed by atoms with van der Waals surface area (Å²) in [6.07, 6.45) is 1.73. The first kappa shape index (κ1) is 18.4. The molecule has 2 aromatic rings. The van der Waals surface area contributed by atoms with E-state index in [2.05, 4.69) is 36.4 Å². The number of carbonyl (C=O) groups excluding carboxylic acids is 2. The molecule has 8 nitrogen and oxygen atoms in total. The normalized spacial score (nSPS) is 14.1. The predicted octanol–water partition coefficient (Wildman–Crippen LogP) is 1.32. The average Bonchev–Trinajstić information content (AvgIpc) is 3.12. The molecule has 2 N–H and O–H groups in total. The fourth-order valence-corrected chi connectivity index (χ4v) is 2.88. The minimum absolute atomic E-state index is 0.135. The van der Waals surface area contributed by atoms with Crippen LogP contribution in [-0.2, 0) is 16.1 Å². The van der Waals surface area contributed by atoms with Gasteiger partial charge in [0.1, 0.15) is 5.82 Å². The van der Waals surface area contributed by atoms with Crippen molar-refractivity contribution < 1.29 is 18.7 Å². The molecular formula is C17H19BrN4O4. The lowest BCUT2D eigenvalue weighted by Gasteiger charge is -2.29. The molecule has 1 saturated heterocycles. The first-order valence-electron chi connectivity index (χ1n) is 8.20. The highest BCUT2D eigenvalue weighted by Gasteiger charge is 2.16. The number of aromatic nitrogens is 1. The van der Waals surface area contributed by atoms with Gasteiger partial charge >= 0.3 is 0 Å². The number of morpholine rings is 1. The molecule has 0 saturated carbocycles. The topological polar surface area (TPSA) is 96.7 Å². The molecule has 0 bridgehead atoms. The maximum atomic E-state index is 12.0. The summed E-state index contributed by atoms with van der Waals surface area (Å²) in [5, 5.41) is 5.32. The second-order valence-electron chi connectivity index (χ2n) is 5.65. The Bertz CT molecular complexity index is 774. The third kappa shape index (κ3) is 4.83. The van der Waals surface area contributed by atoms with Crippen molar-refractivity contribution in [2.75, 3.05) is 37.7 Å². The number of rotatable bonds is 6. The van der Waals surface area contributed by atoms with Crippen molar-refractivity contribution in [3.63, 3.8) is 0 Å². The zero-order valence-corrected chi connectivity index (χ0v) is 15.6. The first-order valence-corrected chi connectivity index (χ1v) is 8.99. The molecule has 1 aliphatic heterocycles. The van der Waals surface area contributed by atoms with Gasteiger partial charge in [-0.15, -0.1) is 0 Å². The first-order chi connectivity index (χ1) is 12.6. The highest BCUT2D eigenvalue weighted by molar-refractivity contribution is 9.10. The number of hydrogen-bond donors (Lipinski definition) is 2. The van der Waals surface area contributed by atoms with Crippen LogP contribution < -0.4 is 15.5 Å². The standard InChI is InChI=1S/C17H19BrN4O4/c18-14-4-3-13(26-14)17(24)21-11-15(23)20-10-12-2-1-5-19-16(12)22-6-8-25-9-7-22/h1-5H,6-11H2,(H,20,23)(H,21,24). The molecule has 1 aliphatic rings. The molecule has 9 heteroatoms. The third-order valence-corrected chi connectivity index (χ3v) is 4.29. The zero-order chi connectivity index (χ0) is 18.4. The Morgan fingerprint density at radius 1 is 1.19 bits per heavy atom. The summed E-state index contributed by atoms with van der Waals surface area (Å²) in [4.78, 5) is 30.5. The highest BCUT2D eigenvalue weighted by Crippen LogP contribution is 2.18. The van der Waals surface area contributed by atoms with Gasteiger partial charge in [0, 0.05) is 31.4 Å². The van der Waals surface area contributed by atoms with Crippen molar-refractivity contribution in [1.82, 2.24) is 15.6 Å². The van der Waals surface area contributed by atoms with E-state index in [0.29, 0.717) is 24.4 Å². The van der Waals surface area contributed by atoms with Crippen molar-refractivity contribution in [3.05, 3.63) is 46.5 Å². The third-order valence-electron chi connectivity index (χ3n) is 3.86. The van der Waals surface area contributed by atoms with Crippen LogP contribution in [0.5, 0.6) is 0 Å². The van der Waals surface area contributed by atoms with Gasteiger partial charge in [-0.25, -0.2) is 4.98 Å². The van der Waals surface area contributed by atoms with Gasteiger partial charge in [-0.3, -0.25) is 9.59 Å². The molecule has 2 amide bonds. The van der Waals surface area contributed by atoms with Crippen LogP contribution in [0.2, 0.25) is 0 Å². The summed E-state index contributed by atoms with van der Waals surface area (Å²) >= 11 is 3.13. The summed E-state index contributed by atoms with van der Waals surface area (Å²) in [5.41, 5.74) is 0.920. The Kier molecular flexibility index (Phi) is 6.24.